The normalized spacial score (nSPS) is 19.3. The van der Waals surface area contributed by atoms with Crippen LogP contribution >= 0.6 is 0 Å². The lowest BCUT2D eigenvalue weighted by Crippen LogP contribution is -2.59. The summed E-state index contributed by atoms with van der Waals surface area (Å²) in [7, 11) is 0. The number of nitrogens with zero attached hydrogens (tertiary/aromatic N) is 4. The number of aromatic nitrogens is 1. The first-order valence-corrected chi connectivity index (χ1v) is 10.4. The molecule has 0 bridgehead atoms. The van der Waals surface area contributed by atoms with Crippen molar-refractivity contribution in [1.82, 2.24) is 14.8 Å². The number of rotatable bonds is 2. The van der Waals surface area contributed by atoms with Crippen LogP contribution in [0.25, 0.3) is 0 Å². The summed E-state index contributed by atoms with van der Waals surface area (Å²) >= 11 is 0. The van der Waals surface area contributed by atoms with Gasteiger partial charge in [-0.25, -0.2) is 19.5 Å². The molecule has 1 spiro atoms. The van der Waals surface area contributed by atoms with Crippen molar-refractivity contribution in [3.8, 4) is 0 Å². The van der Waals surface area contributed by atoms with Crippen molar-refractivity contribution in [2.24, 2.45) is 0 Å². The van der Waals surface area contributed by atoms with Gasteiger partial charge in [-0.2, -0.15) is 13.2 Å². The van der Waals surface area contributed by atoms with Gasteiger partial charge in [-0.15, -0.1) is 0 Å². The van der Waals surface area contributed by atoms with E-state index in [4.69, 9.17) is 4.74 Å². The number of hydrogen-bond donors (Lipinski definition) is 0. The second-order valence-electron chi connectivity index (χ2n) is 9.29. The highest BCUT2D eigenvalue weighted by Gasteiger charge is 2.60. The smallest absolute Gasteiger partial charge is 0.416 e. The van der Waals surface area contributed by atoms with E-state index in [0.717, 1.165) is 17.2 Å². The number of imide groups is 1. The molecule has 1 aromatic rings. The molecule has 2 aliphatic heterocycles. The monoisotopic (exact) mass is 456 g/mol. The van der Waals surface area contributed by atoms with Crippen molar-refractivity contribution in [3.63, 3.8) is 0 Å². The Bertz CT molecular complexity index is 918. The molecule has 0 aliphatic carbocycles. The number of piperidine rings is 1. The van der Waals surface area contributed by atoms with Gasteiger partial charge in [0.1, 0.15) is 17.0 Å². The van der Waals surface area contributed by atoms with Crippen LogP contribution in [0, 0.1) is 0 Å². The van der Waals surface area contributed by atoms with Crippen LogP contribution in [0.4, 0.5) is 28.6 Å². The van der Waals surface area contributed by atoms with Crippen LogP contribution in [0.5, 0.6) is 0 Å². The van der Waals surface area contributed by atoms with Gasteiger partial charge in [0.2, 0.25) is 0 Å². The number of hydrogen-bond acceptors (Lipinski definition) is 5. The van der Waals surface area contributed by atoms with Crippen LogP contribution in [-0.2, 0) is 15.7 Å². The second-order valence-corrected chi connectivity index (χ2v) is 9.29. The molecule has 176 valence electrons. The Morgan fingerprint density at radius 2 is 1.75 bits per heavy atom. The van der Waals surface area contributed by atoms with E-state index in [0.29, 0.717) is 6.07 Å². The van der Waals surface area contributed by atoms with Crippen molar-refractivity contribution in [3.05, 3.63) is 23.9 Å². The lowest BCUT2D eigenvalue weighted by Gasteiger charge is -2.43. The van der Waals surface area contributed by atoms with E-state index in [1.807, 2.05) is 0 Å². The molecule has 0 aromatic carbocycles. The number of pyridine rings is 1. The minimum atomic E-state index is -4.64. The van der Waals surface area contributed by atoms with Gasteiger partial charge < -0.3 is 14.5 Å². The molecule has 1 aromatic heterocycles. The largest absolute Gasteiger partial charge is 0.444 e. The number of likely N-dealkylation sites (tertiary alicyclic amines) is 1. The lowest BCUT2D eigenvalue weighted by atomic mass is 9.85. The highest BCUT2D eigenvalue weighted by atomic mass is 19.4. The highest BCUT2D eigenvalue weighted by molar-refractivity contribution is 6.23. The molecular weight excluding hydrogens is 429 g/mol. The zero-order valence-electron chi connectivity index (χ0n) is 18.7. The molecule has 2 fully saturated rings. The minimum absolute atomic E-state index is 0.143. The number of carbonyl (C=O) groups excluding carboxylic acids is 3. The van der Waals surface area contributed by atoms with Crippen LogP contribution in [-0.4, -0.2) is 63.1 Å². The first-order valence-electron chi connectivity index (χ1n) is 10.4. The molecule has 0 unspecified atom stereocenters. The van der Waals surface area contributed by atoms with E-state index in [1.165, 1.54) is 9.80 Å². The highest BCUT2D eigenvalue weighted by Crippen LogP contribution is 2.41. The maximum Gasteiger partial charge on any atom is 0.416 e. The molecule has 0 saturated carbocycles. The van der Waals surface area contributed by atoms with Gasteiger partial charge in [-0.1, -0.05) is 0 Å². The molecule has 32 heavy (non-hydrogen) atoms. The summed E-state index contributed by atoms with van der Waals surface area (Å²) in [4.78, 5) is 46.5. The Balaban J connectivity index is 1.91. The molecule has 11 heteroatoms. The van der Waals surface area contributed by atoms with Crippen LogP contribution in [0.15, 0.2) is 18.3 Å². The minimum Gasteiger partial charge on any atom is -0.444 e. The summed E-state index contributed by atoms with van der Waals surface area (Å²) in [6.07, 6.45) is -3.95. The van der Waals surface area contributed by atoms with Crippen LogP contribution in [0.1, 0.15) is 53.0 Å². The Morgan fingerprint density at radius 3 is 2.25 bits per heavy atom. The molecule has 3 rings (SSSR count). The van der Waals surface area contributed by atoms with Crippen molar-refractivity contribution >= 4 is 23.8 Å². The van der Waals surface area contributed by atoms with Gasteiger partial charge in [-0.3, -0.25) is 4.79 Å². The van der Waals surface area contributed by atoms with Crippen molar-refractivity contribution < 1.29 is 32.3 Å². The number of urea groups is 1. The fourth-order valence-corrected chi connectivity index (χ4v) is 4.16. The average molecular weight is 456 g/mol. The maximum atomic E-state index is 13.5. The molecule has 0 N–H and O–H groups in total. The molecule has 2 aliphatic rings. The van der Waals surface area contributed by atoms with Gasteiger partial charge >= 0.3 is 18.3 Å². The van der Waals surface area contributed by atoms with Crippen molar-refractivity contribution in [1.29, 1.82) is 0 Å². The van der Waals surface area contributed by atoms with E-state index < -0.39 is 47.0 Å². The zero-order valence-corrected chi connectivity index (χ0v) is 18.7. The zero-order chi connectivity index (χ0) is 24.1. The van der Waals surface area contributed by atoms with Crippen LogP contribution < -0.4 is 4.90 Å². The number of alkyl halides is 3. The first-order chi connectivity index (χ1) is 14.7. The quantitative estimate of drug-likeness (QED) is 0.627. The summed E-state index contributed by atoms with van der Waals surface area (Å²) < 4.78 is 44.9. The van der Waals surface area contributed by atoms with E-state index in [1.54, 1.807) is 34.6 Å². The number of carbonyl (C=O) groups is 3. The molecule has 3 heterocycles. The summed E-state index contributed by atoms with van der Waals surface area (Å²) in [5.74, 6) is -1.00. The molecule has 4 amide bonds. The summed E-state index contributed by atoms with van der Waals surface area (Å²) in [5.41, 5.74) is -2.94. The Morgan fingerprint density at radius 1 is 1.16 bits per heavy atom. The first kappa shape index (κ1) is 23.8. The molecular formula is C21H27F3N4O4. The molecule has 8 nitrogen and oxygen atoms in total. The Kier molecular flexibility index (Phi) is 5.90. The van der Waals surface area contributed by atoms with Crippen LogP contribution in [0.3, 0.4) is 0 Å². The van der Waals surface area contributed by atoms with Gasteiger partial charge in [0.05, 0.1) is 5.56 Å². The van der Waals surface area contributed by atoms with Crippen LogP contribution in [0.2, 0.25) is 0 Å². The topological polar surface area (TPSA) is 83.1 Å². The fourth-order valence-electron chi connectivity index (χ4n) is 4.16. The Labute approximate surface area is 184 Å². The predicted molar refractivity (Wildman–Crippen MR) is 109 cm³/mol. The van der Waals surface area contributed by atoms with Gasteiger partial charge in [0, 0.05) is 25.3 Å². The lowest BCUT2D eigenvalue weighted by molar-refractivity contribution is -0.137. The summed E-state index contributed by atoms with van der Waals surface area (Å²) in [5, 5.41) is 0. The maximum absolute atomic E-state index is 13.5. The third kappa shape index (κ3) is 4.24. The SMILES string of the molecule is CC(C)N1C(=O)N(c2cc(C(F)(F)F)ccn2)C(=O)C12CCN(C(=O)OC(C)(C)C)CC2. The van der Waals surface area contributed by atoms with E-state index in [-0.39, 0.29) is 31.7 Å². The number of ether oxygens (including phenoxy) is 1. The van der Waals surface area contributed by atoms with E-state index >= 15 is 0 Å². The summed E-state index contributed by atoms with van der Waals surface area (Å²) in [6, 6.07) is 0.366. The number of anilines is 1. The van der Waals surface area contributed by atoms with Gasteiger partial charge in [-0.05, 0) is 59.6 Å². The number of halogens is 3. The standard InChI is InChI=1S/C21H27F3N4O4/c1-13(2)28-17(30)27(15-12-14(6-9-25-15)21(22,23)24)16(29)20(28)7-10-26(11-8-20)18(31)32-19(3,4)5/h6,9,12-13H,7-8,10-11H2,1-5H3. The molecule has 2 saturated heterocycles. The molecule has 0 atom stereocenters. The molecule has 0 radical (unpaired) electrons. The predicted octanol–water partition coefficient (Wildman–Crippen LogP) is 4.05. The average Bonchev–Trinajstić information content (AvgIpc) is 2.87. The van der Waals surface area contributed by atoms with Gasteiger partial charge in [0.15, 0.2) is 0 Å². The van der Waals surface area contributed by atoms with E-state index in [2.05, 4.69) is 4.98 Å². The Hall–Kier alpha value is -2.85. The third-order valence-corrected chi connectivity index (χ3v) is 5.52. The summed E-state index contributed by atoms with van der Waals surface area (Å²) in [6.45, 7) is 9.04. The third-order valence-electron chi connectivity index (χ3n) is 5.52. The number of amides is 4. The van der Waals surface area contributed by atoms with Crippen molar-refractivity contribution in [2.45, 2.75) is 70.8 Å². The second kappa shape index (κ2) is 7.93. The van der Waals surface area contributed by atoms with Gasteiger partial charge in [0.25, 0.3) is 5.91 Å². The van der Waals surface area contributed by atoms with E-state index in [9.17, 15) is 27.6 Å². The fraction of sp³-hybridized carbons (Fsp3) is 0.619. The van der Waals surface area contributed by atoms with Crippen molar-refractivity contribution in [2.75, 3.05) is 18.0 Å².